The first-order valence-electron chi connectivity index (χ1n) is 6.23. The van der Waals surface area contributed by atoms with E-state index in [2.05, 4.69) is 33.8 Å². The maximum Gasteiger partial charge on any atom is 0.137 e. The quantitative estimate of drug-likeness (QED) is 0.860. The molecule has 0 spiro atoms. The molecule has 1 aromatic carbocycles. The Morgan fingerprint density at radius 1 is 1.18 bits per heavy atom. The lowest BCUT2D eigenvalue weighted by Gasteiger charge is -2.04. The predicted molar refractivity (Wildman–Crippen MR) is 70.3 cm³/mol. The van der Waals surface area contributed by atoms with Gasteiger partial charge in [-0.2, -0.15) is 0 Å². The Bertz CT molecular complexity index is 537. The second-order valence-corrected chi connectivity index (χ2v) is 4.83. The molecule has 0 saturated heterocycles. The molecule has 1 heterocycles. The minimum Gasteiger partial charge on any atom is -0.458 e. The Balaban J connectivity index is 2.57. The van der Waals surface area contributed by atoms with Crippen molar-refractivity contribution in [1.82, 2.24) is 0 Å². The van der Waals surface area contributed by atoms with Crippen LogP contribution in [0.1, 0.15) is 48.3 Å². The third-order valence-corrected chi connectivity index (χ3v) is 3.43. The number of rotatable bonds is 3. The van der Waals surface area contributed by atoms with Crippen LogP contribution in [0.5, 0.6) is 0 Å². The molecule has 1 unspecified atom stereocenters. The van der Waals surface area contributed by atoms with Gasteiger partial charge in [-0.05, 0) is 49.9 Å². The first-order valence-corrected chi connectivity index (χ1v) is 6.23. The van der Waals surface area contributed by atoms with Crippen LogP contribution in [-0.2, 0) is 0 Å². The SMILES string of the molecule is CCCC(O)c1cc2c(C)cc(C)c(C)c2o1. The number of hydrogen-bond donors (Lipinski definition) is 1. The molecule has 2 rings (SSSR count). The van der Waals surface area contributed by atoms with E-state index in [1.165, 1.54) is 16.7 Å². The molecule has 0 bridgehead atoms. The molecule has 2 nitrogen and oxygen atoms in total. The largest absolute Gasteiger partial charge is 0.458 e. The summed E-state index contributed by atoms with van der Waals surface area (Å²) in [5.74, 6) is 0.693. The monoisotopic (exact) mass is 232 g/mol. The molecule has 92 valence electrons. The van der Waals surface area contributed by atoms with Crippen molar-refractivity contribution in [1.29, 1.82) is 0 Å². The number of benzene rings is 1. The molecule has 1 aromatic heterocycles. The Labute approximate surface area is 102 Å². The predicted octanol–water partition coefficient (Wildman–Crippen LogP) is 4.19. The molecule has 0 saturated carbocycles. The summed E-state index contributed by atoms with van der Waals surface area (Å²) in [6, 6.07) is 4.15. The molecule has 0 aliphatic carbocycles. The van der Waals surface area contributed by atoms with Gasteiger partial charge in [-0.3, -0.25) is 0 Å². The summed E-state index contributed by atoms with van der Waals surface area (Å²) in [6.07, 6.45) is 1.22. The molecule has 1 atom stereocenters. The second-order valence-electron chi connectivity index (χ2n) is 4.83. The fourth-order valence-corrected chi connectivity index (χ4v) is 2.25. The summed E-state index contributed by atoms with van der Waals surface area (Å²) in [5, 5.41) is 11.1. The van der Waals surface area contributed by atoms with Crippen LogP contribution in [-0.4, -0.2) is 5.11 Å². The van der Waals surface area contributed by atoms with E-state index in [-0.39, 0.29) is 0 Å². The molecule has 2 heteroatoms. The Hall–Kier alpha value is -1.28. The molecule has 2 aromatic rings. The minimum absolute atomic E-state index is 0.480. The standard InChI is InChI=1S/C15H20O2/c1-5-6-13(16)14-8-12-10(3)7-9(2)11(4)15(12)17-14/h7-8,13,16H,5-6H2,1-4H3. The normalized spacial score (nSPS) is 13.2. The van der Waals surface area contributed by atoms with Crippen molar-refractivity contribution >= 4 is 11.0 Å². The Kier molecular flexibility index (Phi) is 3.25. The van der Waals surface area contributed by atoms with E-state index < -0.39 is 6.10 Å². The maximum atomic E-state index is 9.98. The fraction of sp³-hybridized carbons (Fsp3) is 0.467. The van der Waals surface area contributed by atoms with Crippen molar-refractivity contribution < 1.29 is 9.52 Å². The molecule has 0 aliphatic rings. The van der Waals surface area contributed by atoms with Crippen molar-refractivity contribution in [3.8, 4) is 0 Å². The molecular weight excluding hydrogens is 212 g/mol. The van der Waals surface area contributed by atoms with Crippen molar-refractivity contribution in [2.45, 2.75) is 46.6 Å². The highest BCUT2D eigenvalue weighted by Gasteiger charge is 2.15. The van der Waals surface area contributed by atoms with Crippen LogP contribution >= 0.6 is 0 Å². The van der Waals surface area contributed by atoms with Gasteiger partial charge in [0.15, 0.2) is 0 Å². The van der Waals surface area contributed by atoms with Crippen molar-refractivity contribution in [3.63, 3.8) is 0 Å². The maximum absolute atomic E-state index is 9.98. The third kappa shape index (κ3) is 2.09. The van der Waals surface area contributed by atoms with E-state index in [1.54, 1.807) is 0 Å². The fourth-order valence-electron chi connectivity index (χ4n) is 2.25. The number of furan rings is 1. The first kappa shape index (κ1) is 12.2. The number of aliphatic hydroxyl groups excluding tert-OH is 1. The second kappa shape index (κ2) is 4.53. The van der Waals surface area contributed by atoms with E-state index in [4.69, 9.17) is 4.42 Å². The average molecular weight is 232 g/mol. The van der Waals surface area contributed by atoms with Crippen LogP contribution in [0.15, 0.2) is 16.5 Å². The summed E-state index contributed by atoms with van der Waals surface area (Å²) in [4.78, 5) is 0. The summed E-state index contributed by atoms with van der Waals surface area (Å²) >= 11 is 0. The lowest BCUT2D eigenvalue weighted by molar-refractivity contribution is 0.141. The van der Waals surface area contributed by atoms with Crippen LogP contribution in [0.2, 0.25) is 0 Å². The number of aryl methyl sites for hydroxylation is 3. The summed E-state index contributed by atoms with van der Waals surface area (Å²) in [6.45, 7) is 8.30. The van der Waals surface area contributed by atoms with Crippen LogP contribution in [0.25, 0.3) is 11.0 Å². The molecule has 0 radical (unpaired) electrons. The zero-order valence-electron chi connectivity index (χ0n) is 11.0. The van der Waals surface area contributed by atoms with Gasteiger partial charge < -0.3 is 9.52 Å². The van der Waals surface area contributed by atoms with Crippen LogP contribution < -0.4 is 0 Å². The number of aliphatic hydroxyl groups is 1. The van der Waals surface area contributed by atoms with E-state index >= 15 is 0 Å². The molecule has 1 N–H and O–H groups in total. The van der Waals surface area contributed by atoms with Crippen LogP contribution in [0, 0.1) is 20.8 Å². The van der Waals surface area contributed by atoms with Crippen molar-refractivity contribution in [3.05, 3.63) is 34.6 Å². The zero-order valence-corrected chi connectivity index (χ0v) is 11.0. The number of fused-ring (bicyclic) bond motifs is 1. The van der Waals surface area contributed by atoms with Crippen molar-refractivity contribution in [2.75, 3.05) is 0 Å². The average Bonchev–Trinajstić information content (AvgIpc) is 2.72. The van der Waals surface area contributed by atoms with Gasteiger partial charge in [0.2, 0.25) is 0 Å². The van der Waals surface area contributed by atoms with Crippen LogP contribution in [0.4, 0.5) is 0 Å². The number of hydrogen-bond acceptors (Lipinski definition) is 2. The van der Waals surface area contributed by atoms with Gasteiger partial charge in [0.1, 0.15) is 17.4 Å². The van der Waals surface area contributed by atoms with Crippen LogP contribution in [0.3, 0.4) is 0 Å². The van der Waals surface area contributed by atoms with E-state index in [9.17, 15) is 5.11 Å². The molecule has 0 fully saturated rings. The van der Waals surface area contributed by atoms with Gasteiger partial charge in [-0.1, -0.05) is 19.4 Å². The van der Waals surface area contributed by atoms with E-state index in [1.807, 2.05) is 6.07 Å². The van der Waals surface area contributed by atoms with Gasteiger partial charge in [0, 0.05) is 5.39 Å². The summed E-state index contributed by atoms with van der Waals surface area (Å²) in [7, 11) is 0. The lowest BCUT2D eigenvalue weighted by Crippen LogP contribution is -1.93. The smallest absolute Gasteiger partial charge is 0.137 e. The van der Waals surface area contributed by atoms with E-state index in [0.29, 0.717) is 5.76 Å². The topological polar surface area (TPSA) is 33.4 Å². The summed E-state index contributed by atoms with van der Waals surface area (Å²) < 4.78 is 5.82. The van der Waals surface area contributed by atoms with Gasteiger partial charge in [0.25, 0.3) is 0 Å². The van der Waals surface area contributed by atoms with Crippen molar-refractivity contribution in [2.24, 2.45) is 0 Å². The molecule has 17 heavy (non-hydrogen) atoms. The lowest BCUT2D eigenvalue weighted by atomic mass is 10.0. The molecule has 0 aliphatic heterocycles. The Morgan fingerprint density at radius 2 is 1.88 bits per heavy atom. The first-order chi connectivity index (χ1) is 8.04. The molecular formula is C15H20O2. The van der Waals surface area contributed by atoms with Gasteiger partial charge in [-0.15, -0.1) is 0 Å². The molecule has 0 amide bonds. The highest BCUT2D eigenvalue weighted by molar-refractivity contribution is 5.85. The minimum atomic E-state index is -0.480. The zero-order chi connectivity index (χ0) is 12.6. The third-order valence-electron chi connectivity index (χ3n) is 3.43. The highest BCUT2D eigenvalue weighted by Crippen LogP contribution is 2.31. The van der Waals surface area contributed by atoms with E-state index in [0.717, 1.165) is 23.8 Å². The van der Waals surface area contributed by atoms with Gasteiger partial charge in [0.05, 0.1) is 0 Å². The van der Waals surface area contributed by atoms with Gasteiger partial charge >= 0.3 is 0 Å². The van der Waals surface area contributed by atoms with Gasteiger partial charge in [-0.25, -0.2) is 0 Å². The highest BCUT2D eigenvalue weighted by atomic mass is 16.4. The summed E-state index contributed by atoms with van der Waals surface area (Å²) in [5.41, 5.74) is 4.54. The Morgan fingerprint density at radius 3 is 2.53 bits per heavy atom.